The smallest absolute Gasteiger partial charge is 0.254 e. The Morgan fingerprint density at radius 1 is 1.14 bits per heavy atom. The number of hydrogen-bond acceptors (Lipinski definition) is 4. The van der Waals surface area contributed by atoms with E-state index in [4.69, 9.17) is 0 Å². The number of carbonyl (C=O) groups is 2. The second kappa shape index (κ2) is 9.08. The van der Waals surface area contributed by atoms with Gasteiger partial charge >= 0.3 is 0 Å². The van der Waals surface area contributed by atoms with E-state index in [-0.39, 0.29) is 29.8 Å². The first-order valence-corrected chi connectivity index (χ1v) is 11.3. The minimum atomic E-state index is -0.190. The molecule has 6 heteroatoms. The van der Waals surface area contributed by atoms with E-state index in [0.717, 1.165) is 31.4 Å². The first-order chi connectivity index (χ1) is 13.7. The van der Waals surface area contributed by atoms with E-state index < -0.39 is 0 Å². The van der Waals surface area contributed by atoms with Crippen LogP contribution >= 0.6 is 11.3 Å². The SMILES string of the molecule is Cc1csc(NC(=O)CN(C(=O)c2ccc(C(C)(C)C)cc2)C2CCCCC2)n1. The van der Waals surface area contributed by atoms with Crippen molar-refractivity contribution in [2.45, 2.75) is 71.3 Å². The van der Waals surface area contributed by atoms with Crippen LogP contribution in [0.2, 0.25) is 0 Å². The topological polar surface area (TPSA) is 62.3 Å². The van der Waals surface area contributed by atoms with Crippen LogP contribution in [-0.2, 0) is 10.2 Å². The van der Waals surface area contributed by atoms with Crippen LogP contribution in [0.3, 0.4) is 0 Å². The molecule has 5 nitrogen and oxygen atoms in total. The molecule has 1 fully saturated rings. The Balaban J connectivity index is 1.77. The fourth-order valence-corrected chi connectivity index (χ4v) is 4.47. The van der Waals surface area contributed by atoms with Gasteiger partial charge in [-0.05, 0) is 42.9 Å². The molecule has 0 unspecified atom stereocenters. The third-order valence-electron chi connectivity index (χ3n) is 5.45. The zero-order valence-corrected chi connectivity index (χ0v) is 18.6. The van der Waals surface area contributed by atoms with Crippen molar-refractivity contribution >= 4 is 28.3 Å². The Kier molecular flexibility index (Phi) is 6.73. The van der Waals surface area contributed by atoms with E-state index >= 15 is 0 Å². The molecule has 1 aromatic carbocycles. The van der Waals surface area contributed by atoms with Gasteiger partial charge in [-0.25, -0.2) is 4.98 Å². The lowest BCUT2D eigenvalue weighted by Crippen LogP contribution is -2.45. The van der Waals surface area contributed by atoms with Crippen molar-refractivity contribution < 1.29 is 9.59 Å². The Hall–Kier alpha value is -2.21. The molecule has 29 heavy (non-hydrogen) atoms. The molecule has 1 aromatic heterocycles. The second-order valence-corrected chi connectivity index (χ2v) is 9.75. The summed E-state index contributed by atoms with van der Waals surface area (Å²) in [5.74, 6) is -0.257. The third kappa shape index (κ3) is 5.66. The van der Waals surface area contributed by atoms with Crippen LogP contribution in [0.1, 0.15) is 74.5 Å². The lowest BCUT2D eigenvalue weighted by molar-refractivity contribution is -0.117. The van der Waals surface area contributed by atoms with Gasteiger partial charge in [0.25, 0.3) is 5.91 Å². The van der Waals surface area contributed by atoms with Gasteiger partial charge in [0.05, 0.1) is 5.69 Å². The van der Waals surface area contributed by atoms with Crippen molar-refractivity contribution in [1.29, 1.82) is 0 Å². The van der Waals surface area contributed by atoms with E-state index in [9.17, 15) is 9.59 Å². The molecule has 1 aliphatic rings. The lowest BCUT2D eigenvalue weighted by Gasteiger charge is -2.34. The first kappa shape index (κ1) is 21.5. The molecular weight excluding hydrogens is 382 g/mol. The van der Waals surface area contributed by atoms with Crippen LogP contribution in [0.15, 0.2) is 29.6 Å². The number of nitrogens with one attached hydrogen (secondary N) is 1. The van der Waals surface area contributed by atoms with Crippen LogP contribution in [0.25, 0.3) is 0 Å². The minimum absolute atomic E-state index is 0.0381. The maximum absolute atomic E-state index is 13.3. The van der Waals surface area contributed by atoms with Crippen LogP contribution in [0, 0.1) is 6.92 Å². The van der Waals surface area contributed by atoms with Gasteiger partial charge in [-0.1, -0.05) is 52.2 Å². The molecule has 0 spiro atoms. The summed E-state index contributed by atoms with van der Waals surface area (Å²) in [7, 11) is 0. The number of rotatable bonds is 5. The van der Waals surface area contributed by atoms with E-state index in [1.165, 1.54) is 23.3 Å². The number of thiazole rings is 1. The van der Waals surface area contributed by atoms with Crippen molar-refractivity contribution in [2.24, 2.45) is 0 Å². The Labute approximate surface area is 177 Å². The number of carbonyl (C=O) groups excluding carboxylic acids is 2. The fourth-order valence-electron chi connectivity index (χ4n) is 3.76. The standard InChI is InChI=1S/C23H31N3O2S/c1-16-15-29-22(24-16)25-20(27)14-26(19-8-6-5-7-9-19)21(28)17-10-12-18(13-11-17)23(2,3)4/h10-13,15,19H,5-9,14H2,1-4H3,(H,24,25,27). The quantitative estimate of drug-likeness (QED) is 0.736. The maximum Gasteiger partial charge on any atom is 0.254 e. The van der Waals surface area contributed by atoms with Crippen molar-refractivity contribution in [2.75, 3.05) is 11.9 Å². The fraction of sp³-hybridized carbons (Fsp3) is 0.522. The molecule has 2 amide bonds. The molecule has 1 saturated carbocycles. The normalized spacial score (nSPS) is 15.2. The number of amides is 2. The van der Waals surface area contributed by atoms with E-state index in [1.54, 1.807) is 4.90 Å². The van der Waals surface area contributed by atoms with E-state index in [0.29, 0.717) is 10.7 Å². The predicted octanol–water partition coefficient (Wildman–Crippen LogP) is 5.16. The summed E-state index contributed by atoms with van der Waals surface area (Å²) in [6.07, 6.45) is 5.31. The van der Waals surface area contributed by atoms with Crippen molar-refractivity contribution in [3.8, 4) is 0 Å². The van der Waals surface area contributed by atoms with Gasteiger partial charge in [-0.15, -0.1) is 11.3 Å². The summed E-state index contributed by atoms with van der Waals surface area (Å²) in [5.41, 5.74) is 2.75. The van der Waals surface area contributed by atoms with Crippen molar-refractivity contribution in [3.05, 3.63) is 46.5 Å². The summed E-state index contributed by atoms with van der Waals surface area (Å²) < 4.78 is 0. The number of aryl methyl sites for hydroxylation is 1. The number of benzene rings is 1. The second-order valence-electron chi connectivity index (χ2n) is 8.89. The van der Waals surface area contributed by atoms with Crippen LogP contribution in [0.5, 0.6) is 0 Å². The van der Waals surface area contributed by atoms with Gasteiger partial charge in [-0.2, -0.15) is 0 Å². The van der Waals surface area contributed by atoms with E-state index in [2.05, 4.69) is 31.1 Å². The highest BCUT2D eigenvalue weighted by molar-refractivity contribution is 7.13. The summed E-state index contributed by atoms with van der Waals surface area (Å²) in [6.45, 7) is 8.42. The monoisotopic (exact) mass is 413 g/mol. The van der Waals surface area contributed by atoms with Gasteiger partial charge in [0.1, 0.15) is 6.54 Å². The van der Waals surface area contributed by atoms with E-state index in [1.807, 2.05) is 36.6 Å². The van der Waals surface area contributed by atoms with Crippen LogP contribution < -0.4 is 5.32 Å². The van der Waals surface area contributed by atoms with Gasteiger partial charge in [0.2, 0.25) is 5.91 Å². The molecule has 1 N–H and O–H groups in total. The van der Waals surface area contributed by atoms with Gasteiger partial charge in [-0.3, -0.25) is 9.59 Å². The number of hydrogen-bond donors (Lipinski definition) is 1. The summed E-state index contributed by atoms with van der Waals surface area (Å²) in [4.78, 5) is 32.0. The Morgan fingerprint density at radius 2 is 1.79 bits per heavy atom. The molecule has 0 saturated heterocycles. The summed E-state index contributed by atoms with van der Waals surface area (Å²) >= 11 is 1.40. The zero-order chi connectivity index (χ0) is 21.0. The van der Waals surface area contributed by atoms with Crippen molar-refractivity contribution in [1.82, 2.24) is 9.88 Å². The molecule has 1 aliphatic carbocycles. The highest BCUT2D eigenvalue weighted by atomic mass is 32.1. The molecule has 0 bridgehead atoms. The molecule has 2 aromatic rings. The molecule has 0 aliphatic heterocycles. The van der Waals surface area contributed by atoms with Crippen LogP contribution in [-0.4, -0.2) is 34.3 Å². The first-order valence-electron chi connectivity index (χ1n) is 10.4. The summed E-state index contributed by atoms with van der Waals surface area (Å²) in [5, 5.41) is 5.32. The average molecular weight is 414 g/mol. The molecule has 1 heterocycles. The highest BCUT2D eigenvalue weighted by Crippen LogP contribution is 2.26. The third-order valence-corrected chi connectivity index (χ3v) is 6.33. The molecule has 3 rings (SSSR count). The molecular formula is C23H31N3O2S. The molecule has 156 valence electrons. The van der Waals surface area contributed by atoms with Gasteiger partial charge in [0, 0.05) is 17.0 Å². The number of nitrogens with zero attached hydrogens (tertiary/aromatic N) is 2. The number of aromatic nitrogens is 1. The van der Waals surface area contributed by atoms with Gasteiger partial charge in [0.15, 0.2) is 5.13 Å². The van der Waals surface area contributed by atoms with Crippen molar-refractivity contribution in [3.63, 3.8) is 0 Å². The molecule has 0 atom stereocenters. The summed E-state index contributed by atoms with van der Waals surface area (Å²) in [6, 6.07) is 7.93. The minimum Gasteiger partial charge on any atom is -0.326 e. The molecule has 0 radical (unpaired) electrons. The Morgan fingerprint density at radius 3 is 2.34 bits per heavy atom. The number of anilines is 1. The lowest BCUT2D eigenvalue weighted by atomic mass is 9.86. The Bertz CT molecular complexity index is 846. The van der Waals surface area contributed by atoms with Crippen LogP contribution in [0.4, 0.5) is 5.13 Å². The predicted molar refractivity (Wildman–Crippen MR) is 119 cm³/mol. The average Bonchev–Trinajstić information content (AvgIpc) is 3.10. The van der Waals surface area contributed by atoms with Gasteiger partial charge < -0.3 is 10.2 Å². The maximum atomic E-state index is 13.3. The zero-order valence-electron chi connectivity index (χ0n) is 17.8. The highest BCUT2D eigenvalue weighted by Gasteiger charge is 2.28. The largest absolute Gasteiger partial charge is 0.326 e.